The Morgan fingerprint density at radius 2 is 2.19 bits per heavy atom. The van der Waals surface area contributed by atoms with Gasteiger partial charge in [0.25, 0.3) is 0 Å². The second kappa shape index (κ2) is 7.95. The summed E-state index contributed by atoms with van der Waals surface area (Å²) >= 11 is 3.92. The van der Waals surface area contributed by atoms with E-state index >= 15 is 0 Å². The summed E-state index contributed by atoms with van der Waals surface area (Å²) in [5, 5.41) is 2.92. The number of hydrogen-bond donors (Lipinski definition) is 1. The zero-order chi connectivity index (χ0) is 11.8. The third-order valence-electron chi connectivity index (χ3n) is 2.02. The van der Waals surface area contributed by atoms with E-state index < -0.39 is 0 Å². The summed E-state index contributed by atoms with van der Waals surface area (Å²) in [5.41, 5.74) is 0.907. The molecule has 0 aliphatic carbocycles. The molecule has 0 spiro atoms. The number of thioether (sulfide) groups is 1. The first kappa shape index (κ1) is 13.8. The Kier molecular flexibility index (Phi) is 6.87. The predicted molar refractivity (Wildman–Crippen MR) is 80.0 cm³/mol. The highest BCUT2D eigenvalue weighted by Crippen LogP contribution is 2.17. The van der Waals surface area contributed by atoms with Gasteiger partial charge in [0.2, 0.25) is 5.91 Å². The van der Waals surface area contributed by atoms with Crippen molar-refractivity contribution in [1.82, 2.24) is 0 Å². The minimum absolute atomic E-state index is 0.0882. The average molecular weight is 349 g/mol. The lowest BCUT2D eigenvalue weighted by molar-refractivity contribution is -0.113. The lowest BCUT2D eigenvalue weighted by atomic mass is 10.3. The van der Waals surface area contributed by atoms with Crippen molar-refractivity contribution in [3.63, 3.8) is 0 Å². The van der Waals surface area contributed by atoms with Crippen LogP contribution in [0.3, 0.4) is 0 Å². The predicted octanol–water partition coefficient (Wildman–Crippen LogP) is 3.76. The van der Waals surface area contributed by atoms with Crippen molar-refractivity contribution in [2.24, 2.45) is 0 Å². The highest BCUT2D eigenvalue weighted by atomic mass is 127. The fourth-order valence-corrected chi connectivity index (χ4v) is 2.58. The summed E-state index contributed by atoms with van der Waals surface area (Å²) in [6.07, 6.45) is 2.37. The van der Waals surface area contributed by atoms with Crippen LogP contribution in [0.4, 0.5) is 5.69 Å². The maximum atomic E-state index is 11.6. The number of benzene rings is 1. The van der Waals surface area contributed by atoms with E-state index in [0.717, 1.165) is 15.0 Å². The number of anilines is 1. The maximum Gasteiger partial charge on any atom is 0.234 e. The minimum atomic E-state index is 0.0882. The Morgan fingerprint density at radius 3 is 2.88 bits per heavy atom. The SMILES string of the molecule is CCCCSCC(=O)Nc1ccccc1I. The van der Waals surface area contributed by atoms with Crippen LogP contribution in [0.2, 0.25) is 0 Å². The molecule has 0 aromatic heterocycles. The first-order valence-corrected chi connectivity index (χ1v) is 7.59. The van der Waals surface area contributed by atoms with Gasteiger partial charge in [-0.2, -0.15) is 11.8 Å². The molecule has 4 heteroatoms. The number of amides is 1. The Hall–Kier alpha value is -0.230. The van der Waals surface area contributed by atoms with E-state index in [4.69, 9.17) is 0 Å². The summed E-state index contributed by atoms with van der Waals surface area (Å²) in [6, 6.07) is 7.81. The van der Waals surface area contributed by atoms with Crippen molar-refractivity contribution in [3.8, 4) is 0 Å². The van der Waals surface area contributed by atoms with Crippen LogP contribution in [0, 0.1) is 3.57 Å². The van der Waals surface area contributed by atoms with Crippen molar-refractivity contribution in [2.75, 3.05) is 16.8 Å². The van der Waals surface area contributed by atoms with E-state index in [1.807, 2.05) is 24.3 Å². The molecule has 0 saturated carbocycles. The molecule has 1 aromatic rings. The van der Waals surface area contributed by atoms with Crippen LogP contribution in [-0.2, 0) is 4.79 Å². The first-order chi connectivity index (χ1) is 7.74. The van der Waals surface area contributed by atoms with E-state index in [1.165, 1.54) is 12.8 Å². The molecule has 0 radical (unpaired) electrons. The first-order valence-electron chi connectivity index (χ1n) is 5.36. The summed E-state index contributed by atoms with van der Waals surface area (Å²) in [4.78, 5) is 11.6. The van der Waals surface area contributed by atoms with Crippen molar-refractivity contribution >= 4 is 45.9 Å². The number of carbonyl (C=O) groups is 1. The summed E-state index contributed by atoms with van der Waals surface area (Å²) < 4.78 is 1.08. The van der Waals surface area contributed by atoms with Crippen LogP contribution >= 0.6 is 34.4 Å². The maximum absolute atomic E-state index is 11.6. The van der Waals surface area contributed by atoms with Crippen LogP contribution in [0.25, 0.3) is 0 Å². The van der Waals surface area contributed by atoms with E-state index in [-0.39, 0.29) is 5.91 Å². The molecule has 0 saturated heterocycles. The summed E-state index contributed by atoms with van der Waals surface area (Å²) in [6.45, 7) is 2.16. The van der Waals surface area contributed by atoms with Crippen molar-refractivity contribution in [3.05, 3.63) is 27.8 Å². The molecular weight excluding hydrogens is 333 g/mol. The molecule has 0 aliphatic rings. The quantitative estimate of drug-likeness (QED) is 0.626. The molecule has 1 aromatic carbocycles. The fourth-order valence-electron chi connectivity index (χ4n) is 1.16. The van der Waals surface area contributed by atoms with E-state index in [9.17, 15) is 4.79 Å². The van der Waals surface area contributed by atoms with E-state index in [1.54, 1.807) is 11.8 Å². The monoisotopic (exact) mass is 349 g/mol. The largest absolute Gasteiger partial charge is 0.324 e. The molecule has 0 atom stereocenters. The third-order valence-corrected chi connectivity index (χ3v) is 4.01. The molecule has 2 nitrogen and oxygen atoms in total. The van der Waals surface area contributed by atoms with Gasteiger partial charge in [-0.15, -0.1) is 0 Å². The minimum Gasteiger partial charge on any atom is -0.324 e. The van der Waals surface area contributed by atoms with Crippen LogP contribution in [0.1, 0.15) is 19.8 Å². The molecule has 0 fully saturated rings. The van der Waals surface area contributed by atoms with Gasteiger partial charge >= 0.3 is 0 Å². The molecular formula is C12H16INOS. The molecule has 0 aliphatic heterocycles. The number of nitrogens with one attached hydrogen (secondary N) is 1. The molecule has 1 N–H and O–H groups in total. The van der Waals surface area contributed by atoms with Gasteiger partial charge in [-0.1, -0.05) is 25.5 Å². The molecule has 0 unspecified atom stereocenters. The number of rotatable bonds is 6. The Labute approximate surface area is 115 Å². The topological polar surface area (TPSA) is 29.1 Å². The van der Waals surface area contributed by atoms with Gasteiger partial charge < -0.3 is 5.32 Å². The zero-order valence-electron chi connectivity index (χ0n) is 9.33. The fraction of sp³-hybridized carbons (Fsp3) is 0.417. The molecule has 1 rings (SSSR count). The third kappa shape index (κ3) is 5.21. The van der Waals surface area contributed by atoms with Gasteiger partial charge in [0.15, 0.2) is 0 Å². The lowest BCUT2D eigenvalue weighted by Gasteiger charge is -2.06. The molecule has 1 amide bonds. The zero-order valence-corrected chi connectivity index (χ0v) is 12.3. The smallest absolute Gasteiger partial charge is 0.234 e. The van der Waals surface area contributed by atoms with Crippen LogP contribution in [-0.4, -0.2) is 17.4 Å². The molecule has 16 heavy (non-hydrogen) atoms. The number of para-hydroxylation sites is 1. The lowest BCUT2D eigenvalue weighted by Crippen LogP contribution is -2.15. The Morgan fingerprint density at radius 1 is 1.44 bits per heavy atom. The Bertz CT molecular complexity index is 344. The molecule has 0 bridgehead atoms. The normalized spacial score (nSPS) is 10.1. The highest BCUT2D eigenvalue weighted by molar-refractivity contribution is 14.1. The summed E-state index contributed by atoms with van der Waals surface area (Å²) in [5.74, 6) is 1.70. The van der Waals surface area contributed by atoms with Gasteiger partial charge in [0.05, 0.1) is 11.4 Å². The van der Waals surface area contributed by atoms with Crippen LogP contribution in [0.5, 0.6) is 0 Å². The molecule has 88 valence electrons. The van der Waals surface area contributed by atoms with E-state index in [0.29, 0.717) is 5.75 Å². The summed E-state index contributed by atoms with van der Waals surface area (Å²) in [7, 11) is 0. The number of unbranched alkanes of at least 4 members (excludes halogenated alkanes) is 1. The van der Waals surface area contributed by atoms with Gasteiger partial charge in [0.1, 0.15) is 0 Å². The second-order valence-electron chi connectivity index (χ2n) is 3.43. The van der Waals surface area contributed by atoms with Crippen LogP contribution in [0.15, 0.2) is 24.3 Å². The van der Waals surface area contributed by atoms with Crippen molar-refractivity contribution < 1.29 is 4.79 Å². The average Bonchev–Trinajstić information content (AvgIpc) is 2.28. The molecule has 0 heterocycles. The standard InChI is InChI=1S/C12H16INOS/c1-2-3-8-16-9-12(15)14-11-7-5-4-6-10(11)13/h4-7H,2-3,8-9H2,1H3,(H,14,15). The number of halogens is 1. The van der Waals surface area contributed by atoms with Crippen LogP contribution < -0.4 is 5.32 Å². The highest BCUT2D eigenvalue weighted by Gasteiger charge is 2.04. The van der Waals surface area contributed by atoms with Gasteiger partial charge in [-0.05, 0) is 46.9 Å². The number of carbonyl (C=O) groups excluding carboxylic acids is 1. The van der Waals surface area contributed by atoms with Gasteiger partial charge in [0, 0.05) is 3.57 Å². The van der Waals surface area contributed by atoms with E-state index in [2.05, 4.69) is 34.8 Å². The Balaban J connectivity index is 2.32. The number of hydrogen-bond acceptors (Lipinski definition) is 2. The van der Waals surface area contributed by atoms with Crippen molar-refractivity contribution in [2.45, 2.75) is 19.8 Å². The van der Waals surface area contributed by atoms with Gasteiger partial charge in [-0.25, -0.2) is 0 Å². The van der Waals surface area contributed by atoms with Gasteiger partial charge in [-0.3, -0.25) is 4.79 Å². The van der Waals surface area contributed by atoms with Crippen molar-refractivity contribution in [1.29, 1.82) is 0 Å². The second-order valence-corrected chi connectivity index (χ2v) is 5.70.